The summed E-state index contributed by atoms with van der Waals surface area (Å²) >= 11 is 3.01. The van der Waals surface area contributed by atoms with Crippen LogP contribution >= 0.6 is 22.7 Å². The van der Waals surface area contributed by atoms with Crippen molar-refractivity contribution in [3.8, 4) is 10.4 Å². The molecule has 168 valence electrons. The summed E-state index contributed by atoms with van der Waals surface area (Å²) in [6.45, 7) is 0.937. The molecule has 0 spiro atoms. The molecule has 4 aromatic rings. The predicted molar refractivity (Wildman–Crippen MR) is 132 cm³/mol. The Morgan fingerprint density at radius 1 is 1.06 bits per heavy atom. The molecule has 3 aromatic heterocycles. The van der Waals surface area contributed by atoms with Crippen molar-refractivity contribution in [1.29, 1.82) is 0 Å². The molecule has 7 nitrogen and oxygen atoms in total. The van der Waals surface area contributed by atoms with Crippen LogP contribution in [-0.2, 0) is 16.1 Å². The molecule has 0 unspecified atom stereocenters. The third kappa shape index (κ3) is 4.46. The molecule has 0 radical (unpaired) electrons. The Labute approximate surface area is 198 Å². The quantitative estimate of drug-likeness (QED) is 0.469. The number of rotatable bonds is 5. The lowest BCUT2D eigenvalue weighted by Gasteiger charge is -2.31. The summed E-state index contributed by atoms with van der Waals surface area (Å²) < 4.78 is 1.39. The number of para-hydroxylation sites is 1. The second-order valence-corrected chi connectivity index (χ2v) is 9.80. The smallest absolute Gasteiger partial charge is 0.263 e. The molecule has 2 amide bonds. The van der Waals surface area contributed by atoms with Crippen molar-refractivity contribution < 1.29 is 9.59 Å². The first-order valence-electron chi connectivity index (χ1n) is 10.7. The second-order valence-electron chi connectivity index (χ2n) is 7.99. The highest BCUT2D eigenvalue weighted by Crippen LogP contribution is 2.33. The predicted octanol–water partition coefficient (Wildman–Crippen LogP) is 4.06. The van der Waals surface area contributed by atoms with Gasteiger partial charge in [-0.15, -0.1) is 22.7 Å². The van der Waals surface area contributed by atoms with Crippen LogP contribution in [-0.4, -0.2) is 39.4 Å². The first-order valence-corrected chi connectivity index (χ1v) is 12.5. The van der Waals surface area contributed by atoms with Crippen LogP contribution in [0.25, 0.3) is 20.7 Å². The lowest BCUT2D eigenvalue weighted by atomic mass is 9.95. The fourth-order valence-electron chi connectivity index (χ4n) is 4.10. The van der Waals surface area contributed by atoms with Crippen molar-refractivity contribution in [2.24, 2.45) is 5.92 Å². The van der Waals surface area contributed by atoms with Crippen molar-refractivity contribution in [2.75, 3.05) is 18.4 Å². The highest BCUT2D eigenvalue weighted by Gasteiger charge is 2.28. The molecule has 1 fully saturated rings. The molecule has 33 heavy (non-hydrogen) atoms. The number of hydrogen-bond donors (Lipinski definition) is 1. The first kappa shape index (κ1) is 21.5. The molecular weight excluding hydrogens is 456 g/mol. The number of carbonyl (C=O) groups excluding carboxylic acids is 2. The molecule has 0 atom stereocenters. The number of anilines is 1. The van der Waals surface area contributed by atoms with Crippen LogP contribution in [0, 0.1) is 5.92 Å². The van der Waals surface area contributed by atoms with E-state index in [4.69, 9.17) is 0 Å². The van der Waals surface area contributed by atoms with Gasteiger partial charge in [-0.3, -0.25) is 19.0 Å². The highest BCUT2D eigenvalue weighted by atomic mass is 32.1. The van der Waals surface area contributed by atoms with Gasteiger partial charge in [0.1, 0.15) is 11.4 Å². The molecule has 1 aromatic carbocycles. The average Bonchev–Trinajstić information content (AvgIpc) is 3.52. The van der Waals surface area contributed by atoms with E-state index in [-0.39, 0.29) is 29.8 Å². The van der Waals surface area contributed by atoms with E-state index in [0.29, 0.717) is 36.1 Å². The van der Waals surface area contributed by atoms with E-state index in [1.54, 1.807) is 16.2 Å². The Balaban J connectivity index is 1.24. The molecule has 0 bridgehead atoms. The summed E-state index contributed by atoms with van der Waals surface area (Å²) in [6, 6.07) is 13.3. The van der Waals surface area contributed by atoms with Crippen LogP contribution in [0.1, 0.15) is 12.8 Å². The molecule has 5 rings (SSSR count). The fourth-order valence-corrected chi connectivity index (χ4v) is 5.82. The van der Waals surface area contributed by atoms with E-state index in [0.717, 1.165) is 16.1 Å². The molecular formula is C24H22N4O3S2. The van der Waals surface area contributed by atoms with Crippen molar-refractivity contribution in [2.45, 2.75) is 19.4 Å². The minimum Gasteiger partial charge on any atom is -0.341 e. The van der Waals surface area contributed by atoms with Crippen LogP contribution in [0.15, 0.2) is 64.3 Å². The maximum Gasteiger partial charge on any atom is 0.263 e. The molecule has 0 aliphatic carbocycles. The van der Waals surface area contributed by atoms with Gasteiger partial charge in [0.25, 0.3) is 5.56 Å². The van der Waals surface area contributed by atoms with E-state index in [1.807, 2.05) is 53.2 Å². The van der Waals surface area contributed by atoms with Gasteiger partial charge < -0.3 is 10.2 Å². The summed E-state index contributed by atoms with van der Waals surface area (Å²) in [5.74, 6) is -0.278. The zero-order chi connectivity index (χ0) is 22.8. The summed E-state index contributed by atoms with van der Waals surface area (Å²) in [7, 11) is 0. The minimum atomic E-state index is -0.199. The van der Waals surface area contributed by atoms with Gasteiger partial charge in [-0.25, -0.2) is 4.98 Å². The Hall–Kier alpha value is -3.30. The van der Waals surface area contributed by atoms with Gasteiger partial charge in [-0.2, -0.15) is 0 Å². The molecule has 1 saturated heterocycles. The third-order valence-electron chi connectivity index (χ3n) is 5.91. The summed E-state index contributed by atoms with van der Waals surface area (Å²) in [4.78, 5) is 46.4. The lowest BCUT2D eigenvalue weighted by molar-refractivity contribution is -0.135. The zero-order valence-electron chi connectivity index (χ0n) is 17.8. The number of likely N-dealkylation sites (tertiary alicyclic amines) is 1. The van der Waals surface area contributed by atoms with Gasteiger partial charge in [0.2, 0.25) is 11.8 Å². The van der Waals surface area contributed by atoms with Crippen molar-refractivity contribution in [1.82, 2.24) is 14.5 Å². The maximum absolute atomic E-state index is 13.1. The largest absolute Gasteiger partial charge is 0.341 e. The van der Waals surface area contributed by atoms with Crippen molar-refractivity contribution in [3.63, 3.8) is 0 Å². The fraction of sp³-hybridized carbons (Fsp3) is 0.250. The number of thiophene rings is 2. The van der Waals surface area contributed by atoms with Gasteiger partial charge in [-0.05, 0) is 36.4 Å². The van der Waals surface area contributed by atoms with E-state index in [2.05, 4.69) is 10.3 Å². The van der Waals surface area contributed by atoms with Gasteiger partial charge in [-0.1, -0.05) is 24.3 Å². The van der Waals surface area contributed by atoms with Gasteiger partial charge >= 0.3 is 0 Å². The van der Waals surface area contributed by atoms with Crippen LogP contribution in [0.4, 0.5) is 5.69 Å². The van der Waals surface area contributed by atoms with Gasteiger partial charge in [0, 0.05) is 40.5 Å². The van der Waals surface area contributed by atoms with Crippen LogP contribution in [0.5, 0.6) is 0 Å². The average molecular weight is 479 g/mol. The first-order chi connectivity index (χ1) is 16.1. The lowest BCUT2D eigenvalue weighted by Crippen LogP contribution is -2.43. The molecule has 4 heterocycles. The molecule has 0 saturated carbocycles. The van der Waals surface area contributed by atoms with E-state index in [9.17, 15) is 14.4 Å². The molecule has 9 heteroatoms. The summed E-state index contributed by atoms with van der Waals surface area (Å²) in [5, 5.41) is 7.42. The zero-order valence-corrected chi connectivity index (χ0v) is 19.4. The van der Waals surface area contributed by atoms with Crippen LogP contribution in [0.3, 0.4) is 0 Å². The number of amides is 2. The van der Waals surface area contributed by atoms with E-state index >= 15 is 0 Å². The number of fused-ring (bicyclic) bond motifs is 1. The van der Waals surface area contributed by atoms with Gasteiger partial charge in [0.15, 0.2) is 0 Å². The SMILES string of the molecule is O=C(Nc1ccccc1)C1CCN(C(=O)Cn2cnc3scc(-c4cccs4)c3c2=O)CC1. The number of nitrogens with zero attached hydrogens (tertiary/aromatic N) is 3. The number of benzene rings is 1. The Kier molecular flexibility index (Phi) is 6.06. The maximum atomic E-state index is 13.1. The highest BCUT2D eigenvalue weighted by molar-refractivity contribution is 7.18. The van der Waals surface area contributed by atoms with Crippen molar-refractivity contribution >= 4 is 50.4 Å². The molecule has 1 aliphatic heterocycles. The van der Waals surface area contributed by atoms with E-state index < -0.39 is 0 Å². The van der Waals surface area contributed by atoms with Gasteiger partial charge in [0.05, 0.1) is 11.7 Å². The standard InChI is InChI=1S/C24H22N4O3S2/c29-20(27-10-8-16(9-11-27)22(30)26-17-5-2-1-3-6-17)13-28-15-25-23-21(24(28)31)18(14-33-23)19-7-4-12-32-19/h1-7,12,14-16H,8-11,13H2,(H,26,30). The second kappa shape index (κ2) is 9.29. The number of aromatic nitrogens is 2. The third-order valence-corrected chi connectivity index (χ3v) is 7.70. The van der Waals surface area contributed by atoms with Crippen LogP contribution < -0.4 is 10.9 Å². The Morgan fingerprint density at radius 3 is 2.58 bits per heavy atom. The number of nitrogens with one attached hydrogen (secondary N) is 1. The minimum absolute atomic E-state index is 0.0160. The normalized spacial score (nSPS) is 14.5. The van der Waals surface area contributed by atoms with Crippen LogP contribution in [0.2, 0.25) is 0 Å². The topological polar surface area (TPSA) is 84.3 Å². The number of carbonyl (C=O) groups is 2. The monoisotopic (exact) mass is 478 g/mol. The summed E-state index contributed by atoms with van der Waals surface area (Å²) in [6.07, 6.45) is 2.66. The number of piperidine rings is 1. The Morgan fingerprint density at radius 2 is 1.85 bits per heavy atom. The molecule has 1 N–H and O–H groups in total. The molecule has 1 aliphatic rings. The number of hydrogen-bond acceptors (Lipinski definition) is 6. The van der Waals surface area contributed by atoms with E-state index in [1.165, 1.54) is 22.2 Å². The Bertz CT molecular complexity index is 1340. The summed E-state index contributed by atoms with van der Waals surface area (Å²) in [5.41, 5.74) is 1.45. The van der Waals surface area contributed by atoms with Crippen molar-refractivity contribution in [3.05, 3.63) is 69.9 Å².